The summed E-state index contributed by atoms with van der Waals surface area (Å²) in [7, 11) is -2.96. The molecule has 0 spiro atoms. The predicted molar refractivity (Wildman–Crippen MR) is 85.7 cm³/mol. The average molecular weight is 322 g/mol. The summed E-state index contributed by atoms with van der Waals surface area (Å²) in [6.07, 6.45) is 3.85. The second kappa shape index (κ2) is 6.28. The van der Waals surface area contributed by atoms with Gasteiger partial charge in [0.2, 0.25) is 0 Å². The van der Waals surface area contributed by atoms with Crippen LogP contribution in [-0.2, 0) is 16.3 Å². The van der Waals surface area contributed by atoms with E-state index in [1.807, 2.05) is 6.07 Å². The zero-order chi connectivity index (χ0) is 15.6. The Hall–Kier alpha value is -1.56. The molecule has 3 rings (SSSR count). The second-order valence-corrected chi connectivity index (χ2v) is 8.47. The van der Waals surface area contributed by atoms with Gasteiger partial charge in [0.25, 0.3) is 0 Å². The largest absolute Gasteiger partial charge is 0.338 e. The van der Waals surface area contributed by atoms with E-state index in [1.165, 1.54) is 11.1 Å². The maximum Gasteiger partial charge on any atom is 0.315 e. The van der Waals surface area contributed by atoms with Gasteiger partial charge in [-0.2, -0.15) is 0 Å². The monoisotopic (exact) mass is 322 g/mol. The van der Waals surface area contributed by atoms with Crippen molar-refractivity contribution >= 4 is 15.9 Å². The molecule has 1 saturated heterocycles. The summed E-state index contributed by atoms with van der Waals surface area (Å²) < 4.78 is 22.8. The van der Waals surface area contributed by atoms with E-state index in [0.717, 1.165) is 19.3 Å². The lowest BCUT2D eigenvalue weighted by Gasteiger charge is -2.26. The Morgan fingerprint density at radius 1 is 1.23 bits per heavy atom. The summed E-state index contributed by atoms with van der Waals surface area (Å²) in [5.74, 6) is 0.587. The zero-order valence-corrected chi connectivity index (χ0v) is 13.4. The minimum atomic E-state index is -2.96. The Kier molecular flexibility index (Phi) is 4.38. The molecule has 1 aromatic carbocycles. The van der Waals surface area contributed by atoms with Crippen molar-refractivity contribution in [2.45, 2.75) is 37.6 Å². The highest BCUT2D eigenvalue weighted by Crippen LogP contribution is 2.30. The standard InChI is InChI=1S/C16H22N2O3S/c19-16(18-14-8-9-22(20,21)11-14)17-10-13-6-3-5-12-4-1-2-7-15(12)13/h1-2,4,7,13-14H,3,5-6,8-11H2,(H2,17,18,19)/t13-,14-/m0/s1. The third kappa shape index (κ3) is 3.61. The van der Waals surface area contributed by atoms with Gasteiger partial charge in [0.05, 0.1) is 11.5 Å². The maximum atomic E-state index is 11.9. The van der Waals surface area contributed by atoms with Gasteiger partial charge in [-0.3, -0.25) is 0 Å². The number of nitrogens with one attached hydrogen (secondary N) is 2. The molecule has 2 amide bonds. The van der Waals surface area contributed by atoms with Crippen LogP contribution in [0, 0.1) is 0 Å². The topological polar surface area (TPSA) is 75.3 Å². The highest BCUT2D eigenvalue weighted by atomic mass is 32.2. The predicted octanol–water partition coefficient (Wildman–Crippen LogP) is 1.59. The molecule has 2 aliphatic rings. The molecule has 1 aliphatic heterocycles. The third-order valence-electron chi connectivity index (χ3n) is 4.57. The molecule has 5 nitrogen and oxygen atoms in total. The average Bonchev–Trinajstić information content (AvgIpc) is 2.84. The SMILES string of the molecule is O=C(NC[C@@H]1CCCc2ccccc21)N[C@H]1CCS(=O)(=O)C1. The lowest BCUT2D eigenvalue weighted by Crippen LogP contribution is -2.44. The summed E-state index contributed by atoms with van der Waals surface area (Å²) in [5.41, 5.74) is 2.71. The van der Waals surface area contributed by atoms with Crippen molar-refractivity contribution in [1.29, 1.82) is 0 Å². The Morgan fingerprint density at radius 2 is 2.05 bits per heavy atom. The number of carbonyl (C=O) groups is 1. The Morgan fingerprint density at radius 3 is 2.82 bits per heavy atom. The van der Waals surface area contributed by atoms with Crippen LogP contribution in [0.25, 0.3) is 0 Å². The number of urea groups is 1. The normalized spacial score (nSPS) is 26.2. The van der Waals surface area contributed by atoms with Gasteiger partial charge in [0.15, 0.2) is 9.84 Å². The van der Waals surface area contributed by atoms with Crippen LogP contribution in [0.3, 0.4) is 0 Å². The van der Waals surface area contributed by atoms with Gasteiger partial charge in [-0.15, -0.1) is 0 Å². The fourth-order valence-electron chi connectivity index (χ4n) is 3.43. The molecule has 2 atom stereocenters. The summed E-state index contributed by atoms with van der Waals surface area (Å²) in [6.45, 7) is 0.600. The first-order chi connectivity index (χ1) is 10.5. The molecule has 22 heavy (non-hydrogen) atoms. The number of fused-ring (bicyclic) bond motifs is 1. The quantitative estimate of drug-likeness (QED) is 0.887. The zero-order valence-electron chi connectivity index (χ0n) is 12.5. The molecule has 1 aliphatic carbocycles. The van der Waals surface area contributed by atoms with Crippen LogP contribution in [-0.4, -0.2) is 38.5 Å². The van der Waals surface area contributed by atoms with E-state index < -0.39 is 9.84 Å². The van der Waals surface area contributed by atoms with E-state index >= 15 is 0 Å². The van der Waals surface area contributed by atoms with Crippen LogP contribution in [0.4, 0.5) is 4.79 Å². The number of rotatable bonds is 3. The summed E-state index contributed by atoms with van der Waals surface area (Å²) in [4.78, 5) is 11.9. The van der Waals surface area contributed by atoms with Gasteiger partial charge in [-0.25, -0.2) is 13.2 Å². The lowest BCUT2D eigenvalue weighted by molar-refractivity contribution is 0.237. The number of benzene rings is 1. The molecule has 0 unspecified atom stereocenters. The fraction of sp³-hybridized carbons (Fsp3) is 0.562. The Labute approximate surface area is 131 Å². The van der Waals surface area contributed by atoms with E-state index in [9.17, 15) is 13.2 Å². The maximum absolute atomic E-state index is 11.9. The minimum absolute atomic E-state index is 0.0622. The van der Waals surface area contributed by atoms with E-state index in [0.29, 0.717) is 18.9 Å². The Balaban J connectivity index is 1.52. The molecule has 120 valence electrons. The van der Waals surface area contributed by atoms with Gasteiger partial charge in [0.1, 0.15) is 0 Å². The van der Waals surface area contributed by atoms with Crippen LogP contribution in [0.15, 0.2) is 24.3 Å². The lowest BCUT2D eigenvalue weighted by atomic mass is 9.83. The highest BCUT2D eigenvalue weighted by molar-refractivity contribution is 7.91. The number of hydrogen-bond donors (Lipinski definition) is 2. The first kappa shape index (κ1) is 15.3. The molecule has 0 saturated carbocycles. The molecule has 0 radical (unpaired) electrons. The van der Waals surface area contributed by atoms with Gasteiger partial charge in [-0.05, 0) is 36.8 Å². The first-order valence-electron chi connectivity index (χ1n) is 7.86. The summed E-state index contributed by atoms with van der Waals surface area (Å²) in [6, 6.07) is 7.89. The van der Waals surface area contributed by atoms with Crippen LogP contribution < -0.4 is 10.6 Å². The molecular formula is C16H22N2O3S. The number of amides is 2. The Bertz CT molecular complexity index is 657. The third-order valence-corrected chi connectivity index (χ3v) is 6.34. The van der Waals surface area contributed by atoms with Crippen molar-refractivity contribution in [3.8, 4) is 0 Å². The molecule has 1 heterocycles. The fourth-order valence-corrected chi connectivity index (χ4v) is 5.10. The number of sulfone groups is 1. The van der Waals surface area contributed by atoms with Crippen LogP contribution in [0.1, 0.15) is 36.3 Å². The summed E-state index contributed by atoms with van der Waals surface area (Å²) in [5, 5.41) is 5.67. The molecule has 1 aromatic rings. The van der Waals surface area contributed by atoms with Crippen molar-refractivity contribution in [1.82, 2.24) is 10.6 Å². The van der Waals surface area contributed by atoms with E-state index in [1.54, 1.807) is 0 Å². The highest BCUT2D eigenvalue weighted by Gasteiger charge is 2.29. The smallest absolute Gasteiger partial charge is 0.315 e. The van der Waals surface area contributed by atoms with Crippen LogP contribution >= 0.6 is 0 Å². The van der Waals surface area contributed by atoms with E-state index in [4.69, 9.17) is 0 Å². The number of hydrogen-bond acceptors (Lipinski definition) is 3. The van der Waals surface area contributed by atoms with Gasteiger partial charge < -0.3 is 10.6 Å². The van der Waals surface area contributed by atoms with Gasteiger partial charge >= 0.3 is 6.03 Å². The summed E-state index contributed by atoms with van der Waals surface area (Å²) >= 11 is 0. The van der Waals surface area contributed by atoms with Crippen LogP contribution in [0.5, 0.6) is 0 Å². The molecule has 6 heteroatoms. The molecule has 1 fully saturated rings. The van der Waals surface area contributed by atoms with Crippen molar-refractivity contribution in [3.63, 3.8) is 0 Å². The second-order valence-electron chi connectivity index (χ2n) is 6.24. The van der Waals surface area contributed by atoms with Crippen molar-refractivity contribution in [2.75, 3.05) is 18.1 Å². The van der Waals surface area contributed by atoms with Gasteiger partial charge in [0, 0.05) is 18.5 Å². The van der Waals surface area contributed by atoms with E-state index in [-0.39, 0.29) is 23.6 Å². The minimum Gasteiger partial charge on any atom is -0.338 e. The first-order valence-corrected chi connectivity index (χ1v) is 9.68. The van der Waals surface area contributed by atoms with Gasteiger partial charge in [-0.1, -0.05) is 24.3 Å². The molecule has 0 bridgehead atoms. The molecular weight excluding hydrogens is 300 g/mol. The number of aryl methyl sites for hydroxylation is 1. The van der Waals surface area contributed by atoms with Crippen molar-refractivity contribution in [2.24, 2.45) is 0 Å². The van der Waals surface area contributed by atoms with E-state index in [2.05, 4.69) is 28.8 Å². The van der Waals surface area contributed by atoms with Crippen LogP contribution in [0.2, 0.25) is 0 Å². The van der Waals surface area contributed by atoms with Crippen molar-refractivity contribution < 1.29 is 13.2 Å². The van der Waals surface area contributed by atoms with Crippen molar-refractivity contribution in [3.05, 3.63) is 35.4 Å². The molecule has 0 aromatic heterocycles. The molecule has 2 N–H and O–H groups in total. The number of carbonyl (C=O) groups excluding carboxylic acids is 1.